The van der Waals surface area contributed by atoms with Crippen LogP contribution in [-0.4, -0.2) is 12.0 Å². The summed E-state index contributed by atoms with van der Waals surface area (Å²) in [5.41, 5.74) is 2.76. The van der Waals surface area contributed by atoms with E-state index in [4.69, 9.17) is 0 Å². The zero-order valence-corrected chi connectivity index (χ0v) is 12.5. The van der Waals surface area contributed by atoms with Gasteiger partial charge in [0.1, 0.15) is 5.82 Å². The molecule has 4 heteroatoms. The van der Waals surface area contributed by atoms with Gasteiger partial charge < -0.3 is 5.32 Å². The monoisotopic (exact) mass is 322 g/mol. The maximum Gasteiger partial charge on any atom is 0.127 e. The highest BCUT2D eigenvalue weighted by Crippen LogP contribution is 2.22. The number of rotatable bonds is 4. The van der Waals surface area contributed by atoms with Crippen LogP contribution in [0.1, 0.15) is 22.9 Å². The maximum atomic E-state index is 13.9. The maximum absolute atomic E-state index is 13.9. The lowest BCUT2D eigenvalue weighted by Crippen LogP contribution is -2.21. The van der Waals surface area contributed by atoms with Crippen molar-refractivity contribution in [1.82, 2.24) is 10.3 Å². The van der Waals surface area contributed by atoms with Gasteiger partial charge in [0.15, 0.2) is 0 Å². The van der Waals surface area contributed by atoms with Crippen LogP contribution in [0.15, 0.2) is 41.0 Å². The lowest BCUT2D eigenvalue weighted by Gasteiger charge is -2.18. The van der Waals surface area contributed by atoms with Crippen LogP contribution in [0.3, 0.4) is 0 Å². The van der Waals surface area contributed by atoms with Crippen molar-refractivity contribution in [3.63, 3.8) is 0 Å². The number of aryl methyl sites for hydroxylation is 1. The van der Waals surface area contributed by atoms with Crippen LogP contribution in [0.5, 0.6) is 0 Å². The Morgan fingerprint density at radius 3 is 2.79 bits per heavy atom. The zero-order valence-electron chi connectivity index (χ0n) is 11.0. The van der Waals surface area contributed by atoms with Gasteiger partial charge in [0.25, 0.3) is 0 Å². The fraction of sp³-hybridized carbons (Fsp3) is 0.267. The SMILES string of the molecule is CNC(Cc1ccc(Br)cc1F)c1ncccc1C. The van der Waals surface area contributed by atoms with Crippen molar-refractivity contribution in [2.45, 2.75) is 19.4 Å². The van der Waals surface area contributed by atoms with Crippen molar-refractivity contribution in [1.29, 1.82) is 0 Å². The average molecular weight is 323 g/mol. The summed E-state index contributed by atoms with van der Waals surface area (Å²) < 4.78 is 14.6. The number of benzene rings is 1. The second-order valence-corrected chi connectivity index (χ2v) is 5.40. The van der Waals surface area contributed by atoms with Crippen LogP contribution >= 0.6 is 15.9 Å². The molecule has 0 radical (unpaired) electrons. The lowest BCUT2D eigenvalue weighted by molar-refractivity contribution is 0.542. The van der Waals surface area contributed by atoms with Crippen LogP contribution in [0, 0.1) is 12.7 Å². The normalized spacial score (nSPS) is 12.4. The van der Waals surface area contributed by atoms with Gasteiger partial charge in [0.05, 0.1) is 11.7 Å². The first kappa shape index (κ1) is 14.2. The van der Waals surface area contributed by atoms with E-state index < -0.39 is 0 Å². The smallest absolute Gasteiger partial charge is 0.127 e. The van der Waals surface area contributed by atoms with E-state index >= 15 is 0 Å². The molecule has 0 aliphatic carbocycles. The van der Waals surface area contributed by atoms with Crippen molar-refractivity contribution in [2.24, 2.45) is 0 Å². The summed E-state index contributed by atoms with van der Waals surface area (Å²) in [6, 6.07) is 9.10. The molecule has 1 heterocycles. The highest BCUT2D eigenvalue weighted by atomic mass is 79.9. The van der Waals surface area contributed by atoms with Gasteiger partial charge in [-0.15, -0.1) is 0 Å². The molecule has 1 aromatic carbocycles. The molecule has 0 aliphatic heterocycles. The second-order valence-electron chi connectivity index (χ2n) is 4.49. The Morgan fingerprint density at radius 2 is 2.16 bits per heavy atom. The molecule has 1 aromatic heterocycles. The van der Waals surface area contributed by atoms with E-state index in [0.29, 0.717) is 12.0 Å². The first-order valence-corrected chi connectivity index (χ1v) is 6.94. The van der Waals surface area contributed by atoms with Gasteiger partial charge in [0, 0.05) is 10.7 Å². The fourth-order valence-electron chi connectivity index (χ4n) is 2.11. The molecule has 0 bridgehead atoms. The molecule has 0 saturated carbocycles. The van der Waals surface area contributed by atoms with Crippen LogP contribution < -0.4 is 5.32 Å². The Kier molecular flexibility index (Phi) is 4.66. The number of halogens is 2. The Hall–Kier alpha value is -1.26. The summed E-state index contributed by atoms with van der Waals surface area (Å²) in [5.74, 6) is -0.191. The molecule has 1 atom stereocenters. The number of hydrogen-bond donors (Lipinski definition) is 1. The third-order valence-corrected chi connectivity index (χ3v) is 3.66. The predicted octanol–water partition coefficient (Wildman–Crippen LogP) is 3.79. The largest absolute Gasteiger partial charge is 0.311 e. The standard InChI is InChI=1S/C15H16BrFN2/c1-10-4-3-7-19-15(10)14(18-2)8-11-5-6-12(16)9-13(11)17/h3-7,9,14,18H,8H2,1-2H3. The minimum atomic E-state index is -0.191. The highest BCUT2D eigenvalue weighted by Gasteiger charge is 2.15. The molecule has 0 saturated heterocycles. The van der Waals surface area contributed by atoms with Gasteiger partial charge in [-0.05, 0) is 49.7 Å². The van der Waals surface area contributed by atoms with Gasteiger partial charge in [0.2, 0.25) is 0 Å². The third kappa shape index (κ3) is 3.39. The van der Waals surface area contributed by atoms with Crippen molar-refractivity contribution >= 4 is 15.9 Å². The summed E-state index contributed by atoms with van der Waals surface area (Å²) >= 11 is 3.27. The molecule has 100 valence electrons. The summed E-state index contributed by atoms with van der Waals surface area (Å²) in [7, 11) is 1.87. The Balaban J connectivity index is 2.27. The van der Waals surface area contributed by atoms with E-state index in [-0.39, 0.29) is 11.9 Å². The van der Waals surface area contributed by atoms with Gasteiger partial charge >= 0.3 is 0 Å². The van der Waals surface area contributed by atoms with E-state index in [2.05, 4.69) is 26.2 Å². The molecular weight excluding hydrogens is 307 g/mol. The van der Waals surface area contributed by atoms with Crippen LogP contribution in [-0.2, 0) is 6.42 Å². The van der Waals surface area contributed by atoms with Gasteiger partial charge in [-0.25, -0.2) is 4.39 Å². The quantitative estimate of drug-likeness (QED) is 0.926. The minimum absolute atomic E-state index is 0.0110. The Bertz CT molecular complexity index is 572. The molecule has 2 aromatic rings. The number of likely N-dealkylation sites (N-methyl/N-ethyl adjacent to an activating group) is 1. The van der Waals surface area contributed by atoms with E-state index in [0.717, 1.165) is 15.7 Å². The van der Waals surface area contributed by atoms with Crippen molar-refractivity contribution < 1.29 is 4.39 Å². The summed E-state index contributed by atoms with van der Waals surface area (Å²) in [5, 5.41) is 3.21. The molecule has 1 N–H and O–H groups in total. The topological polar surface area (TPSA) is 24.9 Å². The molecular formula is C15H16BrFN2. The van der Waals surface area contributed by atoms with E-state index in [1.807, 2.05) is 38.2 Å². The molecule has 0 amide bonds. The lowest BCUT2D eigenvalue weighted by atomic mass is 10.00. The molecule has 2 rings (SSSR count). The van der Waals surface area contributed by atoms with E-state index in [1.54, 1.807) is 6.20 Å². The molecule has 0 fully saturated rings. The zero-order chi connectivity index (χ0) is 13.8. The predicted molar refractivity (Wildman–Crippen MR) is 78.6 cm³/mol. The van der Waals surface area contributed by atoms with Crippen molar-refractivity contribution in [3.05, 3.63) is 63.6 Å². The minimum Gasteiger partial charge on any atom is -0.311 e. The summed E-state index contributed by atoms with van der Waals surface area (Å²) in [4.78, 5) is 4.40. The van der Waals surface area contributed by atoms with Gasteiger partial charge in [-0.3, -0.25) is 4.98 Å². The van der Waals surface area contributed by atoms with E-state index in [9.17, 15) is 4.39 Å². The molecule has 2 nitrogen and oxygen atoms in total. The summed E-state index contributed by atoms with van der Waals surface area (Å²) in [6.45, 7) is 2.02. The first-order valence-electron chi connectivity index (χ1n) is 6.14. The van der Waals surface area contributed by atoms with Crippen molar-refractivity contribution in [2.75, 3.05) is 7.05 Å². The molecule has 0 aliphatic rings. The van der Waals surface area contributed by atoms with E-state index in [1.165, 1.54) is 6.07 Å². The average Bonchev–Trinajstić information content (AvgIpc) is 2.39. The highest BCUT2D eigenvalue weighted by molar-refractivity contribution is 9.10. The first-order chi connectivity index (χ1) is 9.11. The molecule has 1 unspecified atom stereocenters. The third-order valence-electron chi connectivity index (χ3n) is 3.17. The van der Waals surface area contributed by atoms with Crippen LogP contribution in [0.2, 0.25) is 0 Å². The number of pyridine rings is 1. The number of hydrogen-bond acceptors (Lipinski definition) is 2. The van der Waals surface area contributed by atoms with Crippen molar-refractivity contribution in [3.8, 4) is 0 Å². The summed E-state index contributed by atoms with van der Waals surface area (Å²) in [6.07, 6.45) is 2.35. The fourth-order valence-corrected chi connectivity index (χ4v) is 2.44. The van der Waals surface area contributed by atoms with Gasteiger partial charge in [-0.1, -0.05) is 28.1 Å². The number of nitrogens with one attached hydrogen (secondary N) is 1. The Labute approximate surface area is 121 Å². The van der Waals surface area contributed by atoms with Crippen LogP contribution in [0.4, 0.5) is 4.39 Å². The van der Waals surface area contributed by atoms with Crippen LogP contribution in [0.25, 0.3) is 0 Å². The number of nitrogens with zero attached hydrogens (tertiary/aromatic N) is 1. The molecule has 19 heavy (non-hydrogen) atoms. The molecule has 0 spiro atoms. The van der Waals surface area contributed by atoms with Gasteiger partial charge in [-0.2, -0.15) is 0 Å². The number of aromatic nitrogens is 1. The Morgan fingerprint density at radius 1 is 1.37 bits per heavy atom. The second kappa shape index (κ2) is 6.26.